The molecule has 1 aromatic heterocycles. The third-order valence-corrected chi connectivity index (χ3v) is 5.26. The number of carbonyl (C=O) groups excluding carboxylic acids is 1. The van der Waals surface area contributed by atoms with E-state index in [1.807, 2.05) is 26.8 Å². The van der Waals surface area contributed by atoms with Gasteiger partial charge in [0.2, 0.25) is 11.6 Å². The topological polar surface area (TPSA) is 142 Å². The van der Waals surface area contributed by atoms with Crippen molar-refractivity contribution in [3.05, 3.63) is 78.6 Å². The van der Waals surface area contributed by atoms with E-state index in [4.69, 9.17) is 4.74 Å². The van der Waals surface area contributed by atoms with E-state index < -0.39 is 40.1 Å². The minimum atomic E-state index is -3.20. The molecular weight excluding hydrogens is 468 g/mol. The smallest absolute Gasteiger partial charge is 0.319 e. The number of halogens is 2. The van der Waals surface area contributed by atoms with E-state index in [1.54, 1.807) is 6.07 Å². The largest absolute Gasteiger partial charge is 0.457 e. The van der Waals surface area contributed by atoms with Crippen LogP contribution in [0.5, 0.6) is 11.5 Å². The highest BCUT2D eigenvalue weighted by molar-refractivity contribution is 5.91. The van der Waals surface area contributed by atoms with Crippen molar-refractivity contribution in [2.75, 3.05) is 5.32 Å². The third-order valence-electron chi connectivity index (χ3n) is 5.26. The zero-order valence-corrected chi connectivity index (χ0v) is 19.2. The molecule has 0 bridgehead atoms. The van der Waals surface area contributed by atoms with Gasteiger partial charge in [-0.15, -0.1) is 0 Å². The van der Waals surface area contributed by atoms with Gasteiger partial charge in [-0.25, -0.2) is 8.78 Å². The molecule has 1 amide bonds. The van der Waals surface area contributed by atoms with Crippen molar-refractivity contribution in [1.82, 2.24) is 9.78 Å². The number of ether oxygens (including phenoxy) is 1. The van der Waals surface area contributed by atoms with Crippen LogP contribution in [0.2, 0.25) is 0 Å². The summed E-state index contributed by atoms with van der Waals surface area (Å²) in [6, 6.07) is 7.39. The van der Waals surface area contributed by atoms with Crippen LogP contribution in [0, 0.1) is 47.9 Å². The van der Waals surface area contributed by atoms with Crippen molar-refractivity contribution in [3.63, 3.8) is 0 Å². The zero-order valence-electron chi connectivity index (χ0n) is 19.2. The summed E-state index contributed by atoms with van der Waals surface area (Å²) in [6.45, 7) is 6.17. The Morgan fingerprint density at radius 2 is 1.77 bits per heavy atom. The van der Waals surface area contributed by atoms with Crippen molar-refractivity contribution in [2.45, 2.75) is 40.7 Å². The predicted molar refractivity (Wildman–Crippen MR) is 121 cm³/mol. The van der Waals surface area contributed by atoms with Crippen molar-refractivity contribution >= 4 is 23.0 Å². The van der Waals surface area contributed by atoms with Gasteiger partial charge in [-0.3, -0.25) is 29.7 Å². The highest BCUT2D eigenvalue weighted by Gasteiger charge is 2.31. The molecule has 0 aliphatic heterocycles. The van der Waals surface area contributed by atoms with Crippen LogP contribution in [0.3, 0.4) is 0 Å². The lowest BCUT2D eigenvalue weighted by molar-refractivity contribution is -0.386. The molecule has 3 aromatic rings. The zero-order chi connectivity index (χ0) is 26.0. The quantitative estimate of drug-likeness (QED) is 0.334. The Labute approximate surface area is 197 Å². The Kier molecular flexibility index (Phi) is 7.08. The van der Waals surface area contributed by atoms with Crippen LogP contribution in [-0.4, -0.2) is 25.5 Å². The monoisotopic (exact) mass is 489 g/mol. The lowest BCUT2D eigenvalue weighted by Crippen LogP contribution is -2.20. The first-order chi connectivity index (χ1) is 16.4. The fraction of sp³-hybridized carbons (Fsp3) is 0.273. The Bertz CT molecular complexity index is 1340. The summed E-state index contributed by atoms with van der Waals surface area (Å²) in [5.74, 6) is -0.215. The van der Waals surface area contributed by atoms with Gasteiger partial charge in [0.25, 0.3) is 12.1 Å². The highest BCUT2D eigenvalue weighted by Crippen LogP contribution is 2.33. The number of carbonyl (C=O) groups is 1. The third kappa shape index (κ3) is 5.57. The van der Waals surface area contributed by atoms with Crippen LogP contribution in [0.15, 0.2) is 30.3 Å². The van der Waals surface area contributed by atoms with Crippen LogP contribution < -0.4 is 10.1 Å². The van der Waals surface area contributed by atoms with E-state index >= 15 is 0 Å². The number of nitrogens with one attached hydrogen (secondary N) is 1. The first kappa shape index (κ1) is 25.2. The number of anilines is 1. The van der Waals surface area contributed by atoms with Gasteiger partial charge in [0.05, 0.1) is 21.6 Å². The van der Waals surface area contributed by atoms with E-state index in [9.17, 15) is 33.8 Å². The number of hydrogen-bond donors (Lipinski definition) is 1. The van der Waals surface area contributed by atoms with E-state index in [-0.39, 0.29) is 22.8 Å². The number of rotatable bonds is 8. The Morgan fingerprint density at radius 1 is 1.09 bits per heavy atom. The fourth-order valence-electron chi connectivity index (χ4n) is 3.48. The summed E-state index contributed by atoms with van der Waals surface area (Å²) >= 11 is 0. The number of hydrogen-bond acceptors (Lipinski definition) is 7. The first-order valence-electron chi connectivity index (χ1n) is 10.2. The molecule has 0 atom stereocenters. The van der Waals surface area contributed by atoms with Crippen LogP contribution in [-0.2, 0) is 11.3 Å². The molecule has 3 rings (SSSR count). The number of nitro groups is 2. The maximum atomic E-state index is 13.1. The average molecular weight is 489 g/mol. The van der Waals surface area contributed by atoms with Gasteiger partial charge in [0.15, 0.2) is 0 Å². The van der Waals surface area contributed by atoms with E-state index in [0.717, 1.165) is 27.4 Å². The molecule has 1 heterocycles. The summed E-state index contributed by atoms with van der Waals surface area (Å²) in [5, 5.41) is 28.5. The predicted octanol–water partition coefficient (Wildman–Crippen LogP) is 5.30. The summed E-state index contributed by atoms with van der Waals surface area (Å²) < 4.78 is 32.9. The SMILES string of the molecule is Cc1cc(C)c(C)c(Oc2cc(NC(=O)Cn3nc(C(F)F)c([N+](=O)[O-])c3C)cc([N+](=O)[O-])c2)c1. The van der Waals surface area contributed by atoms with Gasteiger partial charge in [0.1, 0.15) is 23.7 Å². The number of amides is 1. The summed E-state index contributed by atoms with van der Waals surface area (Å²) in [4.78, 5) is 33.4. The number of benzene rings is 2. The molecule has 0 saturated heterocycles. The molecule has 11 nitrogen and oxygen atoms in total. The van der Waals surface area contributed by atoms with Gasteiger partial charge < -0.3 is 10.1 Å². The minimum Gasteiger partial charge on any atom is -0.457 e. The first-order valence-corrected chi connectivity index (χ1v) is 10.2. The molecule has 0 aliphatic carbocycles. The van der Waals surface area contributed by atoms with Crippen molar-refractivity contribution < 1.29 is 28.2 Å². The summed E-state index contributed by atoms with van der Waals surface area (Å²) in [6.07, 6.45) is -3.20. The van der Waals surface area contributed by atoms with Crippen LogP contribution >= 0.6 is 0 Å². The molecule has 1 N–H and O–H groups in total. The Hall–Kier alpha value is -4.42. The van der Waals surface area contributed by atoms with Crippen molar-refractivity contribution in [1.29, 1.82) is 0 Å². The molecule has 0 unspecified atom stereocenters. The van der Waals surface area contributed by atoms with Gasteiger partial charge >= 0.3 is 5.69 Å². The van der Waals surface area contributed by atoms with E-state index in [0.29, 0.717) is 5.75 Å². The Balaban J connectivity index is 1.89. The maximum absolute atomic E-state index is 13.1. The lowest BCUT2D eigenvalue weighted by Gasteiger charge is -2.13. The lowest BCUT2D eigenvalue weighted by atomic mass is 10.1. The number of aryl methyl sites for hydroxylation is 2. The fourth-order valence-corrected chi connectivity index (χ4v) is 3.48. The van der Waals surface area contributed by atoms with Crippen molar-refractivity contribution in [3.8, 4) is 11.5 Å². The van der Waals surface area contributed by atoms with Crippen LogP contribution in [0.1, 0.15) is 34.5 Å². The molecule has 0 fully saturated rings. The van der Waals surface area contributed by atoms with Crippen LogP contribution in [0.4, 0.5) is 25.8 Å². The Morgan fingerprint density at radius 3 is 2.34 bits per heavy atom. The molecule has 0 radical (unpaired) electrons. The second-order valence-electron chi connectivity index (χ2n) is 7.86. The number of aromatic nitrogens is 2. The maximum Gasteiger partial charge on any atom is 0.319 e. The number of nitro benzene ring substituents is 1. The van der Waals surface area contributed by atoms with Gasteiger partial charge in [-0.1, -0.05) is 6.07 Å². The molecule has 0 aliphatic rings. The molecule has 35 heavy (non-hydrogen) atoms. The standard InChI is InChI=1S/C22H21F2N5O6/c1-11-5-12(2)13(3)18(6-11)35-17-8-15(7-16(9-17)28(31)32)25-19(30)10-27-14(4)21(29(33)34)20(26-27)22(23)24/h5-9,22H,10H2,1-4H3,(H,25,30). The molecule has 184 valence electrons. The van der Waals surface area contributed by atoms with Crippen LogP contribution in [0.25, 0.3) is 0 Å². The van der Waals surface area contributed by atoms with Gasteiger partial charge in [-0.2, -0.15) is 5.10 Å². The van der Waals surface area contributed by atoms with E-state index in [1.165, 1.54) is 19.1 Å². The van der Waals surface area contributed by atoms with Gasteiger partial charge in [0, 0.05) is 12.1 Å². The highest BCUT2D eigenvalue weighted by atomic mass is 19.3. The summed E-state index contributed by atoms with van der Waals surface area (Å²) in [7, 11) is 0. The summed E-state index contributed by atoms with van der Waals surface area (Å²) in [5.41, 5.74) is 0.227. The second kappa shape index (κ2) is 9.83. The second-order valence-corrected chi connectivity index (χ2v) is 7.86. The van der Waals surface area contributed by atoms with Gasteiger partial charge in [-0.05, 0) is 50.5 Å². The molecule has 0 spiro atoms. The molecule has 0 saturated carbocycles. The molecule has 13 heteroatoms. The minimum absolute atomic E-state index is 0.00891. The normalized spacial score (nSPS) is 10.9. The van der Waals surface area contributed by atoms with Crippen molar-refractivity contribution in [2.24, 2.45) is 0 Å². The average Bonchev–Trinajstić information content (AvgIpc) is 3.07. The molecular formula is C22H21F2N5O6. The number of non-ortho nitro benzene ring substituents is 1. The van der Waals surface area contributed by atoms with E-state index in [2.05, 4.69) is 10.4 Å². The molecule has 2 aromatic carbocycles. The number of alkyl halides is 2. The number of nitrogens with zero attached hydrogens (tertiary/aromatic N) is 4.